The number of anilines is 1. The molecule has 0 spiro atoms. The Kier molecular flexibility index (Phi) is 4.09. The second kappa shape index (κ2) is 6.17. The third-order valence-electron chi connectivity index (χ3n) is 3.88. The standard InChI is InChI=1S/C18H20FNO/c1-2-12-21-14-8-6-13(7-9-14)20-18-11-10-15-16(18)4-3-5-17(15)19/h3-9,18,20H,2,10-12H2,1H3. The van der Waals surface area contributed by atoms with E-state index < -0.39 is 0 Å². The lowest BCUT2D eigenvalue weighted by Gasteiger charge is -2.16. The summed E-state index contributed by atoms with van der Waals surface area (Å²) in [6, 6.07) is 13.5. The number of halogens is 1. The lowest BCUT2D eigenvalue weighted by atomic mass is 10.1. The zero-order valence-electron chi connectivity index (χ0n) is 12.2. The van der Waals surface area contributed by atoms with E-state index in [1.165, 1.54) is 0 Å². The van der Waals surface area contributed by atoms with E-state index in [0.717, 1.165) is 48.4 Å². The van der Waals surface area contributed by atoms with E-state index in [-0.39, 0.29) is 11.9 Å². The molecule has 0 aliphatic heterocycles. The largest absolute Gasteiger partial charge is 0.494 e. The van der Waals surface area contributed by atoms with Crippen molar-refractivity contribution in [3.63, 3.8) is 0 Å². The Labute approximate surface area is 125 Å². The molecule has 0 aromatic heterocycles. The first-order valence-electron chi connectivity index (χ1n) is 7.54. The SMILES string of the molecule is CCCOc1ccc(NC2CCc3c(F)cccc32)cc1. The van der Waals surface area contributed by atoms with Crippen LogP contribution in [0.25, 0.3) is 0 Å². The Balaban J connectivity index is 1.70. The van der Waals surface area contributed by atoms with Gasteiger partial charge in [0, 0.05) is 5.69 Å². The summed E-state index contributed by atoms with van der Waals surface area (Å²) < 4.78 is 19.3. The van der Waals surface area contributed by atoms with E-state index in [0.29, 0.717) is 0 Å². The van der Waals surface area contributed by atoms with Crippen LogP contribution in [0, 0.1) is 5.82 Å². The van der Waals surface area contributed by atoms with E-state index in [4.69, 9.17) is 4.74 Å². The van der Waals surface area contributed by atoms with E-state index in [1.54, 1.807) is 12.1 Å². The molecule has 3 heteroatoms. The molecular weight excluding hydrogens is 265 g/mol. The molecule has 0 saturated carbocycles. The Morgan fingerprint density at radius 1 is 1.19 bits per heavy atom. The molecule has 1 aliphatic rings. The van der Waals surface area contributed by atoms with Gasteiger partial charge in [0.2, 0.25) is 0 Å². The van der Waals surface area contributed by atoms with Gasteiger partial charge in [-0.15, -0.1) is 0 Å². The lowest BCUT2D eigenvalue weighted by Crippen LogP contribution is -2.07. The highest BCUT2D eigenvalue weighted by Gasteiger charge is 2.24. The van der Waals surface area contributed by atoms with Crippen LogP contribution >= 0.6 is 0 Å². The number of hydrogen-bond acceptors (Lipinski definition) is 2. The fourth-order valence-corrected chi connectivity index (χ4v) is 2.83. The molecule has 0 amide bonds. The van der Waals surface area contributed by atoms with Crippen LogP contribution in [-0.2, 0) is 6.42 Å². The average molecular weight is 285 g/mol. The smallest absolute Gasteiger partial charge is 0.126 e. The topological polar surface area (TPSA) is 21.3 Å². The summed E-state index contributed by atoms with van der Waals surface area (Å²) in [4.78, 5) is 0. The molecule has 21 heavy (non-hydrogen) atoms. The number of benzene rings is 2. The van der Waals surface area contributed by atoms with Crippen LogP contribution in [0.5, 0.6) is 5.75 Å². The van der Waals surface area contributed by atoms with Gasteiger partial charge in [0.1, 0.15) is 11.6 Å². The highest BCUT2D eigenvalue weighted by atomic mass is 19.1. The predicted octanol–water partition coefficient (Wildman–Crippen LogP) is 4.71. The molecule has 0 saturated heterocycles. The summed E-state index contributed by atoms with van der Waals surface area (Å²) in [6.45, 7) is 2.83. The monoisotopic (exact) mass is 285 g/mol. The van der Waals surface area contributed by atoms with Crippen molar-refractivity contribution in [2.24, 2.45) is 0 Å². The first kappa shape index (κ1) is 13.9. The number of rotatable bonds is 5. The third-order valence-corrected chi connectivity index (χ3v) is 3.88. The Morgan fingerprint density at radius 3 is 2.76 bits per heavy atom. The highest BCUT2D eigenvalue weighted by Crippen LogP contribution is 2.35. The van der Waals surface area contributed by atoms with Gasteiger partial charge in [0.15, 0.2) is 0 Å². The van der Waals surface area contributed by atoms with E-state index in [2.05, 4.69) is 12.2 Å². The van der Waals surface area contributed by atoms with Crippen LogP contribution in [0.4, 0.5) is 10.1 Å². The molecule has 2 nitrogen and oxygen atoms in total. The van der Waals surface area contributed by atoms with Crippen molar-refractivity contribution in [1.82, 2.24) is 0 Å². The summed E-state index contributed by atoms with van der Waals surface area (Å²) in [5.41, 5.74) is 2.99. The van der Waals surface area contributed by atoms with Crippen molar-refractivity contribution in [1.29, 1.82) is 0 Å². The van der Waals surface area contributed by atoms with Gasteiger partial charge in [-0.05, 0) is 60.7 Å². The van der Waals surface area contributed by atoms with Gasteiger partial charge in [-0.2, -0.15) is 0 Å². The van der Waals surface area contributed by atoms with Crippen LogP contribution in [-0.4, -0.2) is 6.61 Å². The number of nitrogens with one attached hydrogen (secondary N) is 1. The Bertz CT molecular complexity index is 609. The minimum Gasteiger partial charge on any atom is -0.494 e. The normalized spacial score (nSPS) is 16.6. The minimum atomic E-state index is -0.0832. The van der Waals surface area contributed by atoms with Gasteiger partial charge in [0.25, 0.3) is 0 Å². The molecule has 2 aromatic carbocycles. The van der Waals surface area contributed by atoms with Crippen LogP contribution in [0.1, 0.15) is 36.9 Å². The van der Waals surface area contributed by atoms with Crippen LogP contribution in [0.15, 0.2) is 42.5 Å². The Hall–Kier alpha value is -2.03. The Morgan fingerprint density at radius 2 is 2.00 bits per heavy atom. The molecule has 1 aliphatic carbocycles. The van der Waals surface area contributed by atoms with E-state index in [1.807, 2.05) is 30.3 Å². The van der Waals surface area contributed by atoms with E-state index in [9.17, 15) is 4.39 Å². The van der Waals surface area contributed by atoms with Gasteiger partial charge in [-0.1, -0.05) is 19.1 Å². The van der Waals surface area contributed by atoms with Gasteiger partial charge >= 0.3 is 0 Å². The van der Waals surface area contributed by atoms with Gasteiger partial charge in [-0.25, -0.2) is 4.39 Å². The first-order valence-corrected chi connectivity index (χ1v) is 7.54. The zero-order chi connectivity index (χ0) is 14.7. The maximum Gasteiger partial charge on any atom is 0.126 e. The summed E-state index contributed by atoms with van der Waals surface area (Å²) in [6.07, 6.45) is 2.74. The average Bonchev–Trinajstić information content (AvgIpc) is 2.91. The van der Waals surface area contributed by atoms with Crippen LogP contribution in [0.2, 0.25) is 0 Å². The quantitative estimate of drug-likeness (QED) is 0.858. The van der Waals surface area contributed by atoms with Crippen molar-refractivity contribution in [3.05, 3.63) is 59.4 Å². The van der Waals surface area contributed by atoms with Gasteiger partial charge in [0.05, 0.1) is 12.6 Å². The first-order chi connectivity index (χ1) is 10.3. The maximum atomic E-state index is 13.7. The molecular formula is C18H20FNO. The highest BCUT2D eigenvalue weighted by molar-refractivity contribution is 5.50. The molecule has 0 radical (unpaired) electrons. The fourth-order valence-electron chi connectivity index (χ4n) is 2.83. The van der Waals surface area contributed by atoms with Crippen molar-refractivity contribution in [2.45, 2.75) is 32.2 Å². The summed E-state index contributed by atoms with van der Waals surface area (Å²) >= 11 is 0. The van der Waals surface area contributed by atoms with Crippen LogP contribution in [0.3, 0.4) is 0 Å². The van der Waals surface area contributed by atoms with Crippen molar-refractivity contribution >= 4 is 5.69 Å². The molecule has 2 aromatic rings. The third kappa shape index (κ3) is 3.02. The summed E-state index contributed by atoms with van der Waals surface area (Å²) in [5, 5.41) is 3.49. The van der Waals surface area contributed by atoms with Gasteiger partial charge in [-0.3, -0.25) is 0 Å². The molecule has 110 valence electrons. The maximum absolute atomic E-state index is 13.7. The van der Waals surface area contributed by atoms with E-state index >= 15 is 0 Å². The predicted molar refractivity (Wildman–Crippen MR) is 83.3 cm³/mol. The van der Waals surface area contributed by atoms with Crippen molar-refractivity contribution in [3.8, 4) is 5.75 Å². The number of fused-ring (bicyclic) bond motifs is 1. The summed E-state index contributed by atoms with van der Waals surface area (Å²) in [5.74, 6) is 0.806. The second-order valence-electron chi connectivity index (χ2n) is 5.42. The van der Waals surface area contributed by atoms with Crippen LogP contribution < -0.4 is 10.1 Å². The molecule has 1 N–H and O–H groups in total. The fraction of sp³-hybridized carbons (Fsp3) is 0.333. The minimum absolute atomic E-state index is 0.0832. The second-order valence-corrected chi connectivity index (χ2v) is 5.42. The van der Waals surface area contributed by atoms with Crippen molar-refractivity contribution < 1.29 is 9.13 Å². The number of ether oxygens (including phenoxy) is 1. The lowest BCUT2D eigenvalue weighted by molar-refractivity contribution is 0.317. The molecule has 0 fully saturated rings. The van der Waals surface area contributed by atoms with Crippen molar-refractivity contribution in [2.75, 3.05) is 11.9 Å². The molecule has 1 atom stereocenters. The molecule has 0 bridgehead atoms. The van der Waals surface area contributed by atoms with Gasteiger partial charge < -0.3 is 10.1 Å². The molecule has 3 rings (SSSR count). The summed E-state index contributed by atoms with van der Waals surface area (Å²) in [7, 11) is 0. The molecule has 0 heterocycles. The molecule has 1 unspecified atom stereocenters. The zero-order valence-corrected chi connectivity index (χ0v) is 12.2. The number of hydrogen-bond donors (Lipinski definition) is 1.